The van der Waals surface area contributed by atoms with Crippen LogP contribution < -0.4 is 4.74 Å². The first-order valence-electron chi connectivity index (χ1n) is 8.95. The van der Waals surface area contributed by atoms with Crippen molar-refractivity contribution in [2.45, 2.75) is 77.9 Å². The molecular formula is C20H32O4. The molecule has 0 radical (unpaired) electrons. The fourth-order valence-corrected chi connectivity index (χ4v) is 2.86. The minimum atomic E-state index is -0.409. The fourth-order valence-electron chi connectivity index (χ4n) is 2.86. The van der Waals surface area contributed by atoms with Crippen molar-refractivity contribution >= 4 is 5.97 Å². The Morgan fingerprint density at radius 3 is 2.62 bits per heavy atom. The molecule has 24 heavy (non-hydrogen) atoms. The van der Waals surface area contributed by atoms with Gasteiger partial charge in [0.05, 0.1) is 13.2 Å². The van der Waals surface area contributed by atoms with Crippen LogP contribution in [0.1, 0.15) is 63.5 Å². The molecule has 136 valence electrons. The van der Waals surface area contributed by atoms with E-state index in [1.807, 2.05) is 19.1 Å². The molecule has 0 bridgehead atoms. The molecule has 0 heterocycles. The quantitative estimate of drug-likeness (QED) is 0.486. The van der Waals surface area contributed by atoms with E-state index < -0.39 is 6.10 Å². The highest BCUT2D eigenvalue weighted by molar-refractivity contribution is 5.66. The highest BCUT2D eigenvalue weighted by Gasteiger charge is 2.17. The molecule has 4 nitrogen and oxygen atoms in total. The number of hydrogen-bond acceptors (Lipinski definition) is 4. The van der Waals surface area contributed by atoms with Gasteiger partial charge in [-0.3, -0.25) is 4.79 Å². The van der Waals surface area contributed by atoms with Crippen LogP contribution in [0.15, 0.2) is 18.2 Å². The highest BCUT2D eigenvalue weighted by atomic mass is 16.5. The molecule has 0 saturated heterocycles. The smallest absolute Gasteiger partial charge is 0.302 e. The van der Waals surface area contributed by atoms with Crippen molar-refractivity contribution in [3.05, 3.63) is 29.3 Å². The van der Waals surface area contributed by atoms with Crippen LogP contribution >= 0.6 is 0 Å². The summed E-state index contributed by atoms with van der Waals surface area (Å²) < 4.78 is 10.8. The van der Waals surface area contributed by atoms with Gasteiger partial charge in [0.25, 0.3) is 0 Å². The van der Waals surface area contributed by atoms with E-state index in [0.29, 0.717) is 12.8 Å². The Balaban J connectivity index is 2.57. The Hall–Kier alpha value is -1.55. The van der Waals surface area contributed by atoms with E-state index in [4.69, 9.17) is 9.47 Å². The van der Waals surface area contributed by atoms with Crippen LogP contribution in [-0.2, 0) is 16.0 Å². The molecule has 4 heteroatoms. The number of rotatable bonds is 11. The van der Waals surface area contributed by atoms with Crippen LogP contribution in [0.25, 0.3) is 0 Å². The summed E-state index contributed by atoms with van der Waals surface area (Å²) in [5.74, 6) is 0.582. The zero-order chi connectivity index (χ0) is 17.9. The lowest BCUT2D eigenvalue weighted by molar-refractivity contribution is -0.148. The number of carbonyl (C=O) groups excluding carboxylic acids is 1. The van der Waals surface area contributed by atoms with Crippen LogP contribution in [0.3, 0.4) is 0 Å². The molecule has 1 aromatic rings. The summed E-state index contributed by atoms with van der Waals surface area (Å²) in [6.45, 7) is 5.58. The topological polar surface area (TPSA) is 55.8 Å². The Kier molecular flexibility index (Phi) is 9.46. The van der Waals surface area contributed by atoms with Crippen molar-refractivity contribution in [1.82, 2.24) is 0 Å². The molecule has 0 aliphatic heterocycles. The summed E-state index contributed by atoms with van der Waals surface area (Å²) in [4.78, 5) is 11.3. The summed E-state index contributed by atoms with van der Waals surface area (Å²) in [6, 6.07) is 6.13. The number of hydrogen-bond donors (Lipinski definition) is 1. The van der Waals surface area contributed by atoms with Crippen molar-refractivity contribution in [2.75, 3.05) is 7.11 Å². The lowest BCUT2D eigenvalue weighted by Gasteiger charge is -2.20. The molecule has 0 aliphatic rings. The molecule has 1 N–H and O–H groups in total. The molecular weight excluding hydrogens is 304 g/mol. The molecule has 0 saturated carbocycles. The van der Waals surface area contributed by atoms with Gasteiger partial charge in [-0.05, 0) is 43.4 Å². The van der Waals surface area contributed by atoms with E-state index >= 15 is 0 Å². The molecule has 1 unspecified atom stereocenters. The van der Waals surface area contributed by atoms with Crippen molar-refractivity contribution < 1.29 is 19.4 Å². The maximum absolute atomic E-state index is 11.3. The minimum Gasteiger partial charge on any atom is -0.496 e. The Morgan fingerprint density at radius 2 is 2.00 bits per heavy atom. The van der Waals surface area contributed by atoms with Crippen LogP contribution in [0.5, 0.6) is 5.75 Å². The lowest BCUT2D eigenvalue weighted by Crippen LogP contribution is -2.23. The average Bonchev–Trinajstić information content (AvgIpc) is 2.53. The second-order valence-corrected chi connectivity index (χ2v) is 6.46. The molecule has 0 aromatic heterocycles. The summed E-state index contributed by atoms with van der Waals surface area (Å²) >= 11 is 0. The average molecular weight is 336 g/mol. The van der Waals surface area contributed by atoms with Crippen LogP contribution in [-0.4, -0.2) is 30.4 Å². The van der Waals surface area contributed by atoms with E-state index in [9.17, 15) is 9.90 Å². The molecule has 1 rings (SSSR count). The summed E-state index contributed by atoms with van der Waals surface area (Å²) in [5.41, 5.74) is 2.25. The molecule has 0 spiro atoms. The monoisotopic (exact) mass is 336 g/mol. The summed E-state index contributed by atoms with van der Waals surface area (Å²) in [5, 5.41) is 10.2. The molecule has 1 aromatic carbocycles. The van der Waals surface area contributed by atoms with Gasteiger partial charge in [-0.1, -0.05) is 38.3 Å². The maximum Gasteiger partial charge on any atom is 0.302 e. The van der Waals surface area contributed by atoms with Gasteiger partial charge >= 0.3 is 5.97 Å². The number of benzene rings is 1. The number of carbonyl (C=O) groups is 1. The van der Waals surface area contributed by atoms with Gasteiger partial charge in [0.1, 0.15) is 11.9 Å². The van der Waals surface area contributed by atoms with Crippen molar-refractivity contribution in [2.24, 2.45) is 0 Å². The number of esters is 1. The molecule has 2 atom stereocenters. The van der Waals surface area contributed by atoms with E-state index in [0.717, 1.165) is 49.0 Å². The van der Waals surface area contributed by atoms with Gasteiger partial charge in [-0.25, -0.2) is 0 Å². The predicted octanol–water partition coefficient (Wildman–Crippen LogP) is 4.20. The molecule has 0 aliphatic carbocycles. The van der Waals surface area contributed by atoms with E-state index in [2.05, 4.69) is 13.0 Å². The van der Waals surface area contributed by atoms with Crippen molar-refractivity contribution in [3.63, 3.8) is 0 Å². The maximum atomic E-state index is 11.3. The van der Waals surface area contributed by atoms with Crippen molar-refractivity contribution in [3.8, 4) is 5.75 Å². The number of aryl methyl sites for hydroxylation is 2. The van der Waals surface area contributed by atoms with Gasteiger partial charge in [-0.2, -0.15) is 0 Å². The normalized spacial score (nSPS) is 13.4. The zero-order valence-electron chi connectivity index (χ0n) is 15.5. The van der Waals surface area contributed by atoms with Gasteiger partial charge in [0.15, 0.2) is 0 Å². The van der Waals surface area contributed by atoms with Crippen LogP contribution in [0.4, 0.5) is 0 Å². The Labute approximate surface area is 146 Å². The van der Waals surface area contributed by atoms with Crippen LogP contribution in [0, 0.1) is 6.92 Å². The van der Waals surface area contributed by atoms with E-state index in [1.165, 1.54) is 6.92 Å². The zero-order valence-corrected chi connectivity index (χ0v) is 15.5. The van der Waals surface area contributed by atoms with E-state index in [-0.39, 0.29) is 12.1 Å². The van der Waals surface area contributed by atoms with Gasteiger partial charge in [0, 0.05) is 13.3 Å². The second-order valence-electron chi connectivity index (χ2n) is 6.46. The third kappa shape index (κ3) is 7.82. The fraction of sp³-hybridized carbons (Fsp3) is 0.650. The third-order valence-corrected chi connectivity index (χ3v) is 4.24. The highest BCUT2D eigenvalue weighted by Crippen LogP contribution is 2.21. The SMILES string of the molecule is CCCCC[C@H](O)CC(CCc1ccc(C)c(OC)c1)OC(C)=O. The number of aliphatic hydroxyl groups excluding tert-OH is 1. The first-order chi connectivity index (χ1) is 11.5. The largest absolute Gasteiger partial charge is 0.496 e. The first kappa shape index (κ1) is 20.5. The first-order valence-corrected chi connectivity index (χ1v) is 8.95. The summed E-state index contributed by atoms with van der Waals surface area (Å²) in [6.07, 6.45) is 5.39. The number of ether oxygens (including phenoxy) is 2. The number of aliphatic hydroxyl groups is 1. The standard InChI is InChI=1S/C20H32O4/c1-5-6-7-8-18(22)14-19(24-16(3)21)12-11-17-10-9-15(2)20(13-17)23-4/h9-10,13,18-19,22H,5-8,11-12,14H2,1-4H3/t18-,19?/m0/s1. The third-order valence-electron chi connectivity index (χ3n) is 4.24. The lowest BCUT2D eigenvalue weighted by atomic mass is 9.99. The second kappa shape index (κ2) is 11.1. The summed E-state index contributed by atoms with van der Waals surface area (Å²) in [7, 11) is 1.67. The van der Waals surface area contributed by atoms with E-state index in [1.54, 1.807) is 7.11 Å². The number of unbranched alkanes of at least 4 members (excludes halogenated alkanes) is 2. The van der Waals surface area contributed by atoms with Crippen LogP contribution in [0.2, 0.25) is 0 Å². The molecule has 0 amide bonds. The number of methoxy groups -OCH3 is 1. The molecule has 0 fully saturated rings. The minimum absolute atomic E-state index is 0.244. The Morgan fingerprint density at radius 1 is 1.25 bits per heavy atom. The van der Waals surface area contributed by atoms with Gasteiger partial charge in [-0.15, -0.1) is 0 Å². The van der Waals surface area contributed by atoms with Crippen molar-refractivity contribution in [1.29, 1.82) is 0 Å². The van der Waals surface area contributed by atoms with Gasteiger partial charge < -0.3 is 14.6 Å². The Bertz CT molecular complexity index is 498. The van der Waals surface area contributed by atoms with Gasteiger partial charge in [0.2, 0.25) is 0 Å². The predicted molar refractivity (Wildman–Crippen MR) is 96.4 cm³/mol.